The Hall–Kier alpha value is -2.93. The molecule has 4 aromatic rings. The quantitative estimate of drug-likeness (QED) is 0.537. The average Bonchev–Trinajstić information content (AvgIpc) is 3.06. The van der Waals surface area contributed by atoms with Gasteiger partial charge in [-0.15, -0.1) is 0 Å². The summed E-state index contributed by atoms with van der Waals surface area (Å²) < 4.78 is 2.71. The molecular weight excluding hydrogens is 394 g/mol. The van der Waals surface area contributed by atoms with Crippen LogP contribution < -0.4 is 10.9 Å². The lowest BCUT2D eigenvalue weighted by molar-refractivity contribution is 0.893. The first-order valence-electron chi connectivity index (χ1n) is 8.14. The molecule has 0 unspecified atom stereocenters. The van der Waals surface area contributed by atoms with E-state index in [1.807, 2.05) is 49.4 Å². The van der Waals surface area contributed by atoms with E-state index in [4.69, 9.17) is 0 Å². The van der Waals surface area contributed by atoms with Crippen LogP contribution in [-0.2, 0) is 6.54 Å². The fourth-order valence-electron chi connectivity index (χ4n) is 2.80. The number of aromatic amines is 1. The number of benzene rings is 2. The van der Waals surface area contributed by atoms with Gasteiger partial charge in [0.15, 0.2) is 5.65 Å². The van der Waals surface area contributed by atoms with Gasteiger partial charge in [-0.2, -0.15) is 10.1 Å². The summed E-state index contributed by atoms with van der Waals surface area (Å²) in [6.07, 6.45) is 1.54. The Labute approximate surface area is 158 Å². The summed E-state index contributed by atoms with van der Waals surface area (Å²) >= 11 is 3.46. The first-order valence-corrected chi connectivity index (χ1v) is 8.93. The number of nitrogens with zero attached hydrogens (tertiary/aromatic N) is 3. The predicted molar refractivity (Wildman–Crippen MR) is 106 cm³/mol. The molecule has 0 atom stereocenters. The highest BCUT2D eigenvalue weighted by atomic mass is 79.9. The van der Waals surface area contributed by atoms with Crippen molar-refractivity contribution >= 4 is 32.9 Å². The van der Waals surface area contributed by atoms with Gasteiger partial charge in [-0.3, -0.25) is 9.78 Å². The normalized spacial score (nSPS) is 11.0. The summed E-state index contributed by atoms with van der Waals surface area (Å²) in [6, 6.07) is 15.7. The van der Waals surface area contributed by atoms with E-state index in [1.54, 1.807) is 4.68 Å². The molecule has 0 aliphatic rings. The molecule has 0 spiro atoms. The molecule has 7 heteroatoms. The van der Waals surface area contributed by atoms with Crippen molar-refractivity contribution in [2.75, 3.05) is 5.32 Å². The van der Waals surface area contributed by atoms with Crippen molar-refractivity contribution in [3.8, 4) is 5.69 Å². The van der Waals surface area contributed by atoms with Crippen molar-refractivity contribution in [3.63, 3.8) is 0 Å². The zero-order valence-corrected chi connectivity index (χ0v) is 15.6. The highest BCUT2D eigenvalue weighted by Crippen LogP contribution is 2.18. The lowest BCUT2D eigenvalue weighted by atomic mass is 10.1. The third-order valence-electron chi connectivity index (χ3n) is 4.19. The molecule has 2 heterocycles. The van der Waals surface area contributed by atoms with Crippen LogP contribution in [0.1, 0.15) is 11.1 Å². The number of aromatic nitrogens is 4. The fraction of sp³-hybridized carbons (Fsp3) is 0.105. The van der Waals surface area contributed by atoms with Crippen molar-refractivity contribution in [3.05, 3.63) is 80.7 Å². The minimum atomic E-state index is -0.216. The number of nitrogens with one attached hydrogen (secondary N) is 2. The van der Waals surface area contributed by atoms with Gasteiger partial charge < -0.3 is 5.32 Å². The molecule has 2 N–H and O–H groups in total. The molecule has 0 aliphatic heterocycles. The smallest absolute Gasteiger partial charge is 0.263 e. The predicted octanol–water partition coefficient (Wildman–Crippen LogP) is 3.79. The van der Waals surface area contributed by atoms with E-state index < -0.39 is 0 Å². The number of fused-ring (bicyclic) bond motifs is 1. The molecular formula is C19H16BrN5O. The Morgan fingerprint density at radius 1 is 1.19 bits per heavy atom. The third-order valence-corrected chi connectivity index (χ3v) is 4.68. The molecule has 0 saturated carbocycles. The molecule has 0 fully saturated rings. The van der Waals surface area contributed by atoms with Gasteiger partial charge in [-0.1, -0.05) is 40.2 Å². The number of aryl methyl sites for hydroxylation is 1. The topological polar surface area (TPSA) is 75.6 Å². The molecule has 2 aromatic heterocycles. The van der Waals surface area contributed by atoms with Crippen molar-refractivity contribution in [2.45, 2.75) is 13.5 Å². The van der Waals surface area contributed by atoms with Gasteiger partial charge in [0.25, 0.3) is 5.56 Å². The minimum Gasteiger partial charge on any atom is -0.352 e. The first-order chi connectivity index (χ1) is 12.6. The molecule has 130 valence electrons. The van der Waals surface area contributed by atoms with Gasteiger partial charge in [0.05, 0.1) is 11.9 Å². The molecule has 0 amide bonds. The molecule has 0 radical (unpaired) electrons. The van der Waals surface area contributed by atoms with Crippen molar-refractivity contribution < 1.29 is 0 Å². The monoisotopic (exact) mass is 409 g/mol. The van der Waals surface area contributed by atoms with E-state index in [0.717, 1.165) is 21.3 Å². The number of hydrogen-bond acceptors (Lipinski definition) is 4. The van der Waals surface area contributed by atoms with E-state index in [9.17, 15) is 4.79 Å². The van der Waals surface area contributed by atoms with Crippen LogP contribution in [0.4, 0.5) is 5.95 Å². The summed E-state index contributed by atoms with van der Waals surface area (Å²) in [4.78, 5) is 19.7. The highest BCUT2D eigenvalue weighted by molar-refractivity contribution is 9.10. The van der Waals surface area contributed by atoms with Crippen LogP contribution in [-0.4, -0.2) is 19.7 Å². The van der Waals surface area contributed by atoms with Crippen molar-refractivity contribution in [2.24, 2.45) is 0 Å². The third kappa shape index (κ3) is 3.13. The van der Waals surface area contributed by atoms with Crippen LogP contribution in [0.25, 0.3) is 16.7 Å². The highest BCUT2D eigenvalue weighted by Gasteiger charge is 2.11. The number of hydrogen-bond donors (Lipinski definition) is 2. The summed E-state index contributed by atoms with van der Waals surface area (Å²) in [5, 5.41) is 7.97. The Morgan fingerprint density at radius 3 is 2.77 bits per heavy atom. The standard InChI is InChI=1S/C19H16BrN5O/c1-12-9-14(20)8-7-13(12)10-21-19-23-17-16(18(26)24-19)11-22-25(17)15-5-3-2-4-6-15/h2-9,11H,10H2,1H3,(H2,21,23,24,26). The van der Waals surface area contributed by atoms with E-state index in [-0.39, 0.29) is 5.56 Å². The van der Waals surface area contributed by atoms with E-state index >= 15 is 0 Å². The van der Waals surface area contributed by atoms with Gasteiger partial charge in [0, 0.05) is 11.0 Å². The molecule has 0 aliphatic carbocycles. The number of para-hydroxylation sites is 1. The van der Waals surface area contributed by atoms with E-state index in [0.29, 0.717) is 23.5 Å². The Morgan fingerprint density at radius 2 is 2.00 bits per heavy atom. The van der Waals surface area contributed by atoms with Gasteiger partial charge in [-0.05, 0) is 42.3 Å². The Balaban J connectivity index is 1.69. The van der Waals surface area contributed by atoms with Crippen molar-refractivity contribution in [1.82, 2.24) is 19.7 Å². The number of H-pyrrole nitrogens is 1. The second-order valence-electron chi connectivity index (χ2n) is 5.97. The maximum absolute atomic E-state index is 12.4. The zero-order chi connectivity index (χ0) is 18.1. The minimum absolute atomic E-state index is 0.216. The van der Waals surface area contributed by atoms with Gasteiger partial charge in [-0.25, -0.2) is 4.68 Å². The molecule has 6 nitrogen and oxygen atoms in total. The first kappa shape index (κ1) is 16.5. The molecule has 4 rings (SSSR count). The Bertz CT molecular complexity index is 1130. The maximum atomic E-state index is 12.4. The second kappa shape index (κ2) is 6.76. The number of anilines is 1. The van der Waals surface area contributed by atoms with E-state index in [1.165, 1.54) is 6.20 Å². The van der Waals surface area contributed by atoms with Gasteiger partial charge in [0.1, 0.15) is 5.39 Å². The van der Waals surface area contributed by atoms with Crippen LogP contribution in [0.5, 0.6) is 0 Å². The second-order valence-corrected chi connectivity index (χ2v) is 6.88. The average molecular weight is 410 g/mol. The van der Waals surface area contributed by atoms with Gasteiger partial charge >= 0.3 is 0 Å². The lowest BCUT2D eigenvalue weighted by Crippen LogP contribution is -2.14. The maximum Gasteiger partial charge on any atom is 0.263 e. The largest absolute Gasteiger partial charge is 0.352 e. The van der Waals surface area contributed by atoms with Crippen LogP contribution in [0.3, 0.4) is 0 Å². The molecule has 0 saturated heterocycles. The van der Waals surface area contributed by atoms with E-state index in [2.05, 4.69) is 42.4 Å². The SMILES string of the molecule is Cc1cc(Br)ccc1CNc1nc2c(cnn2-c2ccccc2)c(=O)[nH]1. The summed E-state index contributed by atoms with van der Waals surface area (Å²) in [5.41, 5.74) is 3.45. The number of rotatable bonds is 4. The summed E-state index contributed by atoms with van der Waals surface area (Å²) in [6.45, 7) is 2.61. The van der Waals surface area contributed by atoms with Crippen LogP contribution in [0.2, 0.25) is 0 Å². The van der Waals surface area contributed by atoms with Crippen molar-refractivity contribution in [1.29, 1.82) is 0 Å². The van der Waals surface area contributed by atoms with Gasteiger partial charge in [0.2, 0.25) is 5.95 Å². The van der Waals surface area contributed by atoms with Crippen LogP contribution in [0, 0.1) is 6.92 Å². The number of halogens is 1. The summed E-state index contributed by atoms with van der Waals surface area (Å²) in [7, 11) is 0. The Kier molecular flexibility index (Phi) is 4.30. The zero-order valence-electron chi connectivity index (χ0n) is 14.0. The summed E-state index contributed by atoms with van der Waals surface area (Å²) in [5.74, 6) is 0.419. The van der Waals surface area contributed by atoms with Crippen LogP contribution in [0.15, 0.2) is 64.0 Å². The fourth-order valence-corrected chi connectivity index (χ4v) is 3.27. The molecule has 0 bridgehead atoms. The lowest BCUT2D eigenvalue weighted by Gasteiger charge is -2.09. The van der Waals surface area contributed by atoms with Crippen LogP contribution >= 0.6 is 15.9 Å². The molecule has 2 aromatic carbocycles. The molecule has 26 heavy (non-hydrogen) atoms.